The number of aromatic nitrogens is 1. The largest absolute Gasteiger partial charge is 0.394 e. The van der Waals surface area contributed by atoms with Crippen LogP contribution in [0, 0.1) is 5.41 Å². The standard InChI is InChI=1S/C22H20F3N/c1-21(2,22(23,24)25)15-16-7-6-10-18(13-16)19-11-12-26-20(14-19)17-8-4-3-5-9-17/h3-14H,15H2,1-2H3/i15D2. The summed E-state index contributed by atoms with van der Waals surface area (Å²) in [6, 6.07) is 19.4. The lowest BCUT2D eigenvalue weighted by atomic mass is 9.84. The summed E-state index contributed by atoms with van der Waals surface area (Å²) in [4.78, 5) is 4.36. The van der Waals surface area contributed by atoms with Gasteiger partial charge in [-0.25, -0.2) is 0 Å². The highest BCUT2D eigenvalue weighted by Gasteiger charge is 2.46. The van der Waals surface area contributed by atoms with Gasteiger partial charge in [-0.15, -0.1) is 0 Å². The average molecular weight is 357 g/mol. The molecule has 0 bridgehead atoms. The monoisotopic (exact) mass is 357 g/mol. The zero-order chi connectivity index (χ0) is 20.6. The Balaban J connectivity index is 2.03. The second kappa shape index (κ2) is 6.94. The summed E-state index contributed by atoms with van der Waals surface area (Å²) in [7, 11) is 0. The molecule has 0 saturated carbocycles. The summed E-state index contributed by atoms with van der Waals surface area (Å²) in [6.45, 7) is 1.78. The first-order valence-electron chi connectivity index (χ1n) is 9.23. The molecule has 0 aliphatic rings. The van der Waals surface area contributed by atoms with E-state index in [1.165, 1.54) is 12.1 Å². The van der Waals surface area contributed by atoms with E-state index in [-0.39, 0.29) is 5.56 Å². The van der Waals surface area contributed by atoms with Gasteiger partial charge in [-0.2, -0.15) is 13.2 Å². The van der Waals surface area contributed by atoms with E-state index < -0.39 is 18.0 Å². The maximum absolute atomic E-state index is 13.4. The first kappa shape index (κ1) is 15.6. The van der Waals surface area contributed by atoms with Gasteiger partial charge in [-0.1, -0.05) is 68.4 Å². The Morgan fingerprint density at radius 2 is 1.50 bits per heavy atom. The molecular weight excluding hydrogens is 335 g/mol. The number of nitrogens with zero attached hydrogens (tertiary/aromatic N) is 1. The molecule has 0 radical (unpaired) electrons. The summed E-state index contributed by atoms with van der Waals surface area (Å²) in [5.74, 6) is 0. The van der Waals surface area contributed by atoms with Crippen LogP contribution in [0.25, 0.3) is 22.4 Å². The maximum Gasteiger partial charge on any atom is 0.394 e. The van der Waals surface area contributed by atoms with Crippen molar-refractivity contribution in [3.8, 4) is 22.4 Å². The highest BCUT2D eigenvalue weighted by Crippen LogP contribution is 2.40. The molecule has 3 aromatic rings. The number of rotatable bonds is 4. The molecular formula is C22H20F3N. The molecule has 134 valence electrons. The number of halogens is 3. The fourth-order valence-corrected chi connectivity index (χ4v) is 2.59. The first-order valence-corrected chi connectivity index (χ1v) is 8.23. The highest BCUT2D eigenvalue weighted by molar-refractivity contribution is 5.70. The third-order valence-electron chi connectivity index (χ3n) is 4.19. The van der Waals surface area contributed by atoms with E-state index in [9.17, 15) is 13.2 Å². The molecule has 1 nitrogen and oxygen atoms in total. The molecule has 0 aliphatic carbocycles. The van der Waals surface area contributed by atoms with E-state index in [4.69, 9.17) is 2.74 Å². The Morgan fingerprint density at radius 1 is 0.846 bits per heavy atom. The van der Waals surface area contributed by atoms with Gasteiger partial charge in [-0.05, 0) is 35.2 Å². The molecule has 26 heavy (non-hydrogen) atoms. The third kappa shape index (κ3) is 3.96. The van der Waals surface area contributed by atoms with Crippen molar-refractivity contribution in [1.82, 2.24) is 4.98 Å². The van der Waals surface area contributed by atoms with Crippen LogP contribution in [-0.2, 0) is 6.37 Å². The summed E-state index contributed by atoms with van der Waals surface area (Å²) in [6.07, 6.45) is -5.63. The van der Waals surface area contributed by atoms with Crippen molar-refractivity contribution in [1.29, 1.82) is 0 Å². The van der Waals surface area contributed by atoms with Crippen LogP contribution in [0.3, 0.4) is 0 Å². The van der Waals surface area contributed by atoms with E-state index in [1.54, 1.807) is 24.4 Å². The Kier molecular flexibility index (Phi) is 4.17. The summed E-state index contributed by atoms with van der Waals surface area (Å²) < 4.78 is 56.7. The SMILES string of the molecule is [2H]C([2H])(c1cccc(-c2ccnc(-c3ccccc3)c2)c1)C(C)(C)C(F)(F)F. The van der Waals surface area contributed by atoms with Crippen molar-refractivity contribution >= 4 is 0 Å². The van der Waals surface area contributed by atoms with Crippen molar-refractivity contribution in [3.63, 3.8) is 0 Å². The predicted molar refractivity (Wildman–Crippen MR) is 98.6 cm³/mol. The lowest BCUT2D eigenvalue weighted by Gasteiger charge is -2.27. The van der Waals surface area contributed by atoms with Crippen LogP contribution in [0.5, 0.6) is 0 Å². The molecule has 3 rings (SSSR count). The Bertz CT molecular complexity index is 967. The lowest BCUT2D eigenvalue weighted by Crippen LogP contribution is -2.34. The Hall–Kier alpha value is -2.62. The molecule has 4 heteroatoms. The van der Waals surface area contributed by atoms with E-state index >= 15 is 0 Å². The van der Waals surface area contributed by atoms with Gasteiger partial charge in [0.15, 0.2) is 0 Å². The zero-order valence-corrected chi connectivity index (χ0v) is 14.5. The highest BCUT2D eigenvalue weighted by atomic mass is 19.4. The van der Waals surface area contributed by atoms with Crippen molar-refractivity contribution < 1.29 is 15.9 Å². The van der Waals surface area contributed by atoms with E-state index in [1.807, 2.05) is 36.4 Å². The molecule has 0 saturated heterocycles. The molecule has 0 fully saturated rings. The second-order valence-corrected chi connectivity index (χ2v) is 6.62. The molecule has 1 aromatic heterocycles. The number of pyridine rings is 1. The fourth-order valence-electron chi connectivity index (χ4n) is 2.59. The molecule has 0 aliphatic heterocycles. The summed E-state index contributed by atoms with van der Waals surface area (Å²) >= 11 is 0. The van der Waals surface area contributed by atoms with Gasteiger partial charge in [0.1, 0.15) is 0 Å². The van der Waals surface area contributed by atoms with E-state index in [0.29, 0.717) is 5.56 Å². The average Bonchev–Trinajstić information content (AvgIpc) is 2.68. The van der Waals surface area contributed by atoms with Gasteiger partial charge >= 0.3 is 6.18 Å². The summed E-state index contributed by atoms with van der Waals surface area (Å²) in [5, 5.41) is 0. The molecule has 2 aromatic carbocycles. The second-order valence-electron chi connectivity index (χ2n) is 6.62. The van der Waals surface area contributed by atoms with Crippen LogP contribution >= 0.6 is 0 Å². The molecule has 0 N–H and O–H groups in total. The minimum atomic E-state index is -4.68. The molecule has 0 unspecified atom stereocenters. The van der Waals surface area contributed by atoms with Crippen molar-refractivity contribution in [2.24, 2.45) is 5.41 Å². The molecule has 1 heterocycles. The lowest BCUT2D eigenvalue weighted by molar-refractivity contribution is -0.211. The number of hydrogen-bond donors (Lipinski definition) is 0. The van der Waals surface area contributed by atoms with Gasteiger partial charge < -0.3 is 0 Å². The normalized spacial score (nSPS) is 13.9. The first-order chi connectivity index (χ1) is 13.0. The van der Waals surface area contributed by atoms with Crippen LogP contribution in [0.4, 0.5) is 13.2 Å². The Morgan fingerprint density at radius 3 is 2.19 bits per heavy atom. The van der Waals surface area contributed by atoms with Crippen LogP contribution in [0.15, 0.2) is 72.9 Å². The van der Waals surface area contributed by atoms with Crippen molar-refractivity contribution in [3.05, 3.63) is 78.5 Å². The van der Waals surface area contributed by atoms with Crippen LogP contribution in [0.2, 0.25) is 0 Å². The number of alkyl halides is 3. The van der Waals surface area contributed by atoms with E-state index in [2.05, 4.69) is 4.98 Å². The molecule has 0 spiro atoms. The quantitative estimate of drug-likeness (QED) is 0.516. The zero-order valence-electron chi connectivity index (χ0n) is 16.5. The minimum absolute atomic E-state index is 0.00889. The molecule has 0 atom stereocenters. The van der Waals surface area contributed by atoms with Crippen molar-refractivity contribution in [2.75, 3.05) is 0 Å². The summed E-state index contributed by atoms with van der Waals surface area (Å²) in [5.41, 5.74) is 0.517. The van der Waals surface area contributed by atoms with Crippen LogP contribution < -0.4 is 0 Å². The van der Waals surface area contributed by atoms with Gasteiger partial charge in [0.2, 0.25) is 0 Å². The molecule has 0 amide bonds. The number of hydrogen-bond acceptors (Lipinski definition) is 1. The van der Waals surface area contributed by atoms with Crippen molar-refractivity contribution in [2.45, 2.75) is 26.4 Å². The van der Waals surface area contributed by atoms with Crippen LogP contribution in [-0.4, -0.2) is 11.2 Å². The maximum atomic E-state index is 13.4. The van der Waals surface area contributed by atoms with E-state index in [0.717, 1.165) is 30.7 Å². The van der Waals surface area contributed by atoms with Gasteiger partial charge in [0, 0.05) is 14.5 Å². The van der Waals surface area contributed by atoms with Gasteiger partial charge in [0.25, 0.3) is 0 Å². The Labute approximate surface area is 154 Å². The minimum Gasteiger partial charge on any atom is -0.256 e. The fraction of sp³-hybridized carbons (Fsp3) is 0.227. The van der Waals surface area contributed by atoms with Gasteiger partial charge in [-0.3, -0.25) is 4.98 Å². The smallest absolute Gasteiger partial charge is 0.256 e. The topological polar surface area (TPSA) is 12.9 Å². The van der Waals surface area contributed by atoms with Gasteiger partial charge in [0.05, 0.1) is 11.1 Å². The predicted octanol–water partition coefficient (Wildman–Crippen LogP) is 6.55. The third-order valence-corrected chi connectivity index (χ3v) is 4.19. The number of benzene rings is 2. The van der Waals surface area contributed by atoms with Crippen LogP contribution in [0.1, 0.15) is 22.2 Å².